The van der Waals surface area contributed by atoms with E-state index in [0.29, 0.717) is 0 Å². The highest BCUT2D eigenvalue weighted by molar-refractivity contribution is 6.12. The summed E-state index contributed by atoms with van der Waals surface area (Å²) in [5.41, 5.74) is 19.1. The van der Waals surface area contributed by atoms with Crippen molar-refractivity contribution in [1.29, 1.82) is 0 Å². The van der Waals surface area contributed by atoms with Gasteiger partial charge in [-0.05, 0) is 164 Å². The lowest BCUT2D eigenvalue weighted by molar-refractivity contribution is 0.477. The van der Waals surface area contributed by atoms with Gasteiger partial charge in [0.1, 0.15) is 0 Å². The van der Waals surface area contributed by atoms with Gasteiger partial charge >= 0.3 is 0 Å². The molecule has 352 valence electrons. The molecule has 0 saturated heterocycles. The zero-order chi connectivity index (χ0) is 49.4. The summed E-state index contributed by atoms with van der Waals surface area (Å²) < 4.78 is 15.0. The van der Waals surface area contributed by atoms with E-state index in [1.807, 2.05) is 48.5 Å². The van der Waals surface area contributed by atoms with Crippen molar-refractivity contribution in [1.82, 2.24) is 4.57 Å². The van der Waals surface area contributed by atoms with Gasteiger partial charge in [0.2, 0.25) is 0 Å². The van der Waals surface area contributed by atoms with Gasteiger partial charge in [0.25, 0.3) is 0 Å². The lowest BCUT2D eigenvalue weighted by atomic mass is 9.97. The maximum absolute atomic E-state index is 6.27. The fourth-order valence-corrected chi connectivity index (χ4v) is 11.3. The fraction of sp³-hybridized carbons (Fsp3) is 0. The van der Waals surface area contributed by atoms with E-state index >= 15 is 0 Å². The van der Waals surface area contributed by atoms with Gasteiger partial charge in [-0.1, -0.05) is 164 Å². The highest BCUT2D eigenvalue weighted by atomic mass is 16.5. The minimum absolute atomic E-state index is 0.848. The average Bonchev–Trinajstić information content (AvgIpc) is 3.81. The number of aromatic nitrogens is 1. The Morgan fingerprint density at radius 2 is 0.533 bits per heavy atom. The van der Waals surface area contributed by atoms with E-state index < -0.39 is 0 Å². The first-order valence-corrected chi connectivity index (χ1v) is 25.5. The molecule has 0 radical (unpaired) electrons. The summed E-state index contributed by atoms with van der Waals surface area (Å²) in [7, 11) is 0. The molecule has 12 aromatic carbocycles. The zero-order valence-corrected chi connectivity index (χ0v) is 40.6. The largest absolute Gasteiger partial charge is 0.453 e. The van der Waals surface area contributed by atoms with Gasteiger partial charge < -0.3 is 23.8 Å². The predicted molar refractivity (Wildman–Crippen MR) is 310 cm³/mol. The van der Waals surface area contributed by atoms with Crippen molar-refractivity contribution >= 4 is 66.7 Å². The summed E-state index contributed by atoms with van der Waals surface area (Å²) in [5.74, 6) is 3.39. The number of para-hydroxylation sites is 8. The summed E-state index contributed by atoms with van der Waals surface area (Å²) in [6.07, 6.45) is 0. The molecule has 2 aliphatic heterocycles. The second kappa shape index (κ2) is 17.3. The summed E-state index contributed by atoms with van der Waals surface area (Å²) in [6, 6.07) is 97.8. The molecule has 3 heterocycles. The van der Waals surface area contributed by atoms with Gasteiger partial charge in [0.05, 0.1) is 33.8 Å². The third-order valence-corrected chi connectivity index (χ3v) is 15.0. The van der Waals surface area contributed by atoms with Crippen LogP contribution in [0.4, 0.5) is 34.1 Å². The smallest absolute Gasteiger partial charge is 0.151 e. The van der Waals surface area contributed by atoms with Crippen LogP contribution < -0.4 is 19.3 Å². The second-order valence-electron chi connectivity index (χ2n) is 19.3. The van der Waals surface area contributed by atoms with Crippen LogP contribution in [0, 0.1) is 0 Å². The number of hydrogen-bond acceptors (Lipinski definition) is 4. The Kier molecular flexibility index (Phi) is 9.82. The van der Waals surface area contributed by atoms with E-state index in [0.717, 1.165) is 73.9 Å². The lowest BCUT2D eigenvalue weighted by Crippen LogP contribution is -2.15. The molecule has 0 aliphatic carbocycles. The summed E-state index contributed by atoms with van der Waals surface area (Å²) in [5, 5.41) is 4.88. The van der Waals surface area contributed by atoms with E-state index in [1.54, 1.807) is 0 Å². The predicted octanol–water partition coefficient (Wildman–Crippen LogP) is 19.8. The number of anilines is 6. The Bertz CT molecular complexity index is 4020. The Labute approximate surface area is 434 Å². The van der Waals surface area contributed by atoms with Crippen molar-refractivity contribution in [2.45, 2.75) is 0 Å². The molecule has 0 saturated carbocycles. The van der Waals surface area contributed by atoms with Gasteiger partial charge in [-0.2, -0.15) is 0 Å². The van der Waals surface area contributed by atoms with Crippen molar-refractivity contribution in [3.8, 4) is 73.2 Å². The normalized spacial score (nSPS) is 12.4. The maximum Gasteiger partial charge on any atom is 0.151 e. The topological polar surface area (TPSA) is 29.9 Å². The molecule has 5 heteroatoms. The number of ether oxygens (including phenoxy) is 2. The first-order valence-electron chi connectivity index (χ1n) is 25.5. The second-order valence-corrected chi connectivity index (χ2v) is 19.3. The molecule has 75 heavy (non-hydrogen) atoms. The highest BCUT2D eigenvalue weighted by Gasteiger charge is 2.27. The van der Waals surface area contributed by atoms with Crippen LogP contribution in [0.15, 0.2) is 273 Å². The van der Waals surface area contributed by atoms with Gasteiger partial charge in [-0.3, -0.25) is 0 Å². The zero-order valence-electron chi connectivity index (χ0n) is 40.6. The van der Waals surface area contributed by atoms with Crippen molar-refractivity contribution in [2.24, 2.45) is 0 Å². The molecular formula is C70H45N3O2. The first-order chi connectivity index (χ1) is 37.1. The molecule has 5 nitrogen and oxygen atoms in total. The van der Waals surface area contributed by atoms with E-state index in [4.69, 9.17) is 9.47 Å². The number of fused-ring (bicyclic) bond motifs is 8. The number of benzene rings is 12. The van der Waals surface area contributed by atoms with Crippen LogP contribution in [-0.4, -0.2) is 4.57 Å². The minimum atomic E-state index is 0.848. The van der Waals surface area contributed by atoms with Gasteiger partial charge in [-0.25, -0.2) is 0 Å². The van der Waals surface area contributed by atoms with Crippen LogP contribution in [0.5, 0.6) is 23.0 Å². The molecule has 0 unspecified atom stereocenters. The molecule has 2 aliphatic rings. The lowest BCUT2D eigenvalue weighted by Gasteiger charge is -2.32. The summed E-state index contributed by atoms with van der Waals surface area (Å²) >= 11 is 0. The molecule has 1 aromatic heterocycles. The Balaban J connectivity index is 0.753. The van der Waals surface area contributed by atoms with Crippen LogP contribution in [0.2, 0.25) is 0 Å². The minimum Gasteiger partial charge on any atom is -0.453 e. The van der Waals surface area contributed by atoms with Crippen LogP contribution in [0.3, 0.4) is 0 Å². The van der Waals surface area contributed by atoms with E-state index in [1.165, 1.54) is 66.0 Å². The molecule has 0 N–H and O–H groups in total. The van der Waals surface area contributed by atoms with Crippen molar-refractivity contribution in [3.05, 3.63) is 273 Å². The Hall–Kier alpha value is -10.1. The van der Waals surface area contributed by atoms with Gasteiger partial charge in [-0.15, -0.1) is 0 Å². The molecule has 0 fully saturated rings. The Morgan fingerprint density at radius 1 is 0.227 bits per heavy atom. The van der Waals surface area contributed by atoms with Gasteiger partial charge in [0, 0.05) is 27.8 Å². The quantitative estimate of drug-likeness (QED) is 0.159. The number of nitrogens with zero attached hydrogens (tertiary/aromatic N) is 3. The van der Waals surface area contributed by atoms with Crippen LogP contribution >= 0.6 is 0 Å². The molecule has 0 spiro atoms. The van der Waals surface area contributed by atoms with Crippen molar-refractivity contribution < 1.29 is 9.47 Å². The molecule has 13 aromatic rings. The summed E-state index contributed by atoms with van der Waals surface area (Å²) in [6.45, 7) is 0. The van der Waals surface area contributed by atoms with Crippen LogP contribution in [0.1, 0.15) is 0 Å². The van der Waals surface area contributed by atoms with E-state index in [9.17, 15) is 0 Å². The van der Waals surface area contributed by atoms with E-state index in [-0.39, 0.29) is 0 Å². The number of rotatable bonds is 7. The average molecular weight is 960 g/mol. The standard InChI is InChI=1S/C70H45N3O2/c1-2-12-53-43-58(40-33-46(53)11-1)73-61-41-34-54(51-25-21-47(22-26-51)49-29-36-56(37-30-49)71-63-13-3-7-17-67(63)74-68-18-8-4-14-64(68)71)44-59(61)60-45-55(35-42-62(60)73)52-27-23-48(24-28-52)50-31-38-57(39-32-50)72-65-15-5-9-19-69(65)75-70-20-10-6-16-66(70)72/h1-45H. The highest BCUT2D eigenvalue weighted by Crippen LogP contribution is 2.52. The molecule has 15 rings (SSSR count). The fourth-order valence-electron chi connectivity index (χ4n) is 11.3. The summed E-state index contributed by atoms with van der Waals surface area (Å²) in [4.78, 5) is 4.55. The van der Waals surface area contributed by atoms with Crippen LogP contribution in [-0.2, 0) is 0 Å². The third kappa shape index (κ3) is 7.24. The van der Waals surface area contributed by atoms with E-state index in [2.05, 4.69) is 239 Å². The van der Waals surface area contributed by atoms with Crippen molar-refractivity contribution in [3.63, 3.8) is 0 Å². The maximum atomic E-state index is 6.27. The van der Waals surface area contributed by atoms with Crippen LogP contribution in [0.25, 0.3) is 82.8 Å². The molecule has 0 bridgehead atoms. The SMILES string of the molecule is c1ccc2c(c1)Oc1ccccc1N2c1ccc(-c2ccc(-c3ccc4c(c3)c3cc(-c5ccc(-c6ccc(N7c8ccccc8Oc8ccccc87)cc6)cc5)ccc3n4-c3ccc4ccccc4c3)cc2)cc1. The monoisotopic (exact) mass is 959 g/mol. The Morgan fingerprint density at radius 3 is 0.933 bits per heavy atom. The first kappa shape index (κ1) is 42.6. The molecule has 0 amide bonds. The van der Waals surface area contributed by atoms with Crippen molar-refractivity contribution in [2.75, 3.05) is 9.80 Å². The number of hydrogen-bond donors (Lipinski definition) is 0. The van der Waals surface area contributed by atoms with Gasteiger partial charge in [0.15, 0.2) is 23.0 Å². The third-order valence-electron chi connectivity index (χ3n) is 15.0. The molecular weight excluding hydrogens is 915 g/mol. The molecule has 0 atom stereocenters.